The quantitative estimate of drug-likeness (QED) is 0.733. The summed E-state index contributed by atoms with van der Waals surface area (Å²) in [4.78, 5) is 24.5. The van der Waals surface area contributed by atoms with E-state index in [9.17, 15) is 4.79 Å². The SMILES string of the molecule is Cc1cc(Cl)ccc1Nc1ncc(C(=O)NCc2ccncc2)cn1. The molecule has 2 heterocycles. The molecule has 1 aromatic carbocycles. The van der Waals surface area contributed by atoms with Gasteiger partial charge in [-0.25, -0.2) is 9.97 Å². The lowest BCUT2D eigenvalue weighted by molar-refractivity contribution is 0.0950. The van der Waals surface area contributed by atoms with Gasteiger partial charge in [0.15, 0.2) is 0 Å². The zero-order chi connectivity index (χ0) is 17.6. The second kappa shape index (κ2) is 7.72. The van der Waals surface area contributed by atoms with Gasteiger partial charge in [0, 0.05) is 42.0 Å². The molecule has 3 aromatic rings. The van der Waals surface area contributed by atoms with Crippen LogP contribution in [0.4, 0.5) is 11.6 Å². The van der Waals surface area contributed by atoms with E-state index in [0.29, 0.717) is 23.1 Å². The summed E-state index contributed by atoms with van der Waals surface area (Å²) in [7, 11) is 0. The van der Waals surface area contributed by atoms with Crippen LogP contribution >= 0.6 is 11.6 Å². The number of pyridine rings is 1. The second-order valence-corrected chi connectivity index (χ2v) is 5.85. The van der Waals surface area contributed by atoms with Gasteiger partial charge in [0.25, 0.3) is 5.91 Å². The molecule has 0 aliphatic carbocycles. The third-order valence-corrected chi connectivity index (χ3v) is 3.79. The number of nitrogens with one attached hydrogen (secondary N) is 2. The van der Waals surface area contributed by atoms with Crippen LogP contribution in [-0.4, -0.2) is 20.9 Å². The molecule has 0 atom stereocenters. The maximum absolute atomic E-state index is 12.1. The Kier molecular flexibility index (Phi) is 5.20. The van der Waals surface area contributed by atoms with Crippen LogP contribution in [0.3, 0.4) is 0 Å². The number of halogens is 1. The van der Waals surface area contributed by atoms with Crippen LogP contribution in [0.5, 0.6) is 0 Å². The Morgan fingerprint density at radius 2 is 1.84 bits per heavy atom. The molecule has 0 aliphatic rings. The average Bonchev–Trinajstić information content (AvgIpc) is 2.63. The Balaban J connectivity index is 1.62. The van der Waals surface area contributed by atoms with Crippen molar-refractivity contribution < 1.29 is 4.79 Å². The van der Waals surface area contributed by atoms with E-state index in [1.807, 2.05) is 31.2 Å². The molecule has 0 aliphatic heterocycles. The minimum atomic E-state index is -0.231. The number of hydrogen-bond acceptors (Lipinski definition) is 5. The Morgan fingerprint density at radius 1 is 1.12 bits per heavy atom. The highest BCUT2D eigenvalue weighted by Crippen LogP contribution is 2.21. The largest absolute Gasteiger partial charge is 0.348 e. The number of rotatable bonds is 5. The molecular weight excluding hydrogens is 338 g/mol. The minimum absolute atomic E-state index is 0.231. The molecule has 25 heavy (non-hydrogen) atoms. The smallest absolute Gasteiger partial charge is 0.254 e. The van der Waals surface area contributed by atoms with Gasteiger partial charge in [0.05, 0.1) is 5.56 Å². The number of benzene rings is 1. The molecule has 6 nitrogen and oxygen atoms in total. The number of anilines is 2. The molecule has 0 fully saturated rings. The summed E-state index contributed by atoms with van der Waals surface area (Å²) in [5, 5.41) is 6.59. The van der Waals surface area contributed by atoms with E-state index >= 15 is 0 Å². The molecule has 0 saturated heterocycles. The minimum Gasteiger partial charge on any atom is -0.348 e. The van der Waals surface area contributed by atoms with Crippen molar-refractivity contribution in [1.82, 2.24) is 20.3 Å². The van der Waals surface area contributed by atoms with Gasteiger partial charge in [0.1, 0.15) is 0 Å². The summed E-state index contributed by atoms with van der Waals surface area (Å²) in [6, 6.07) is 9.19. The van der Waals surface area contributed by atoms with Crippen LogP contribution in [0.2, 0.25) is 5.02 Å². The van der Waals surface area contributed by atoms with Gasteiger partial charge < -0.3 is 10.6 Å². The number of amides is 1. The zero-order valence-corrected chi connectivity index (χ0v) is 14.3. The van der Waals surface area contributed by atoms with Gasteiger partial charge in [-0.15, -0.1) is 0 Å². The molecule has 0 saturated carbocycles. The Hall–Kier alpha value is -2.99. The van der Waals surface area contributed by atoms with E-state index in [4.69, 9.17) is 11.6 Å². The predicted molar refractivity (Wildman–Crippen MR) is 96.9 cm³/mol. The molecule has 2 N–H and O–H groups in total. The average molecular weight is 354 g/mol. The van der Waals surface area contributed by atoms with Gasteiger partial charge in [-0.05, 0) is 48.4 Å². The van der Waals surface area contributed by atoms with Crippen molar-refractivity contribution in [3.05, 3.63) is 76.8 Å². The van der Waals surface area contributed by atoms with E-state index in [-0.39, 0.29) is 5.91 Å². The lowest BCUT2D eigenvalue weighted by Crippen LogP contribution is -2.23. The Bertz CT molecular complexity index is 868. The summed E-state index contributed by atoms with van der Waals surface area (Å²) in [6.07, 6.45) is 6.35. The lowest BCUT2D eigenvalue weighted by atomic mass is 10.2. The van der Waals surface area contributed by atoms with Gasteiger partial charge in [-0.2, -0.15) is 0 Å². The van der Waals surface area contributed by atoms with Crippen LogP contribution in [0, 0.1) is 6.92 Å². The van der Waals surface area contributed by atoms with Crippen LogP contribution in [0.25, 0.3) is 0 Å². The molecule has 0 radical (unpaired) electrons. The highest BCUT2D eigenvalue weighted by molar-refractivity contribution is 6.30. The van der Waals surface area contributed by atoms with E-state index < -0.39 is 0 Å². The first-order valence-electron chi connectivity index (χ1n) is 7.64. The maximum Gasteiger partial charge on any atom is 0.254 e. The number of nitrogens with zero attached hydrogens (tertiary/aromatic N) is 3. The summed E-state index contributed by atoms with van der Waals surface area (Å²) >= 11 is 5.94. The Morgan fingerprint density at radius 3 is 2.52 bits per heavy atom. The van der Waals surface area contributed by atoms with Crippen LogP contribution in [0.1, 0.15) is 21.5 Å². The number of carbonyl (C=O) groups is 1. The van der Waals surface area contributed by atoms with Crippen molar-refractivity contribution in [3.8, 4) is 0 Å². The first-order chi connectivity index (χ1) is 12.1. The van der Waals surface area contributed by atoms with Gasteiger partial charge in [-0.1, -0.05) is 11.6 Å². The summed E-state index contributed by atoms with van der Waals surface area (Å²) < 4.78 is 0. The second-order valence-electron chi connectivity index (χ2n) is 5.42. The Labute approximate surface area is 150 Å². The number of carbonyl (C=O) groups excluding carboxylic acids is 1. The van der Waals surface area contributed by atoms with Crippen molar-refractivity contribution in [1.29, 1.82) is 0 Å². The summed E-state index contributed by atoms with van der Waals surface area (Å²) in [5.74, 6) is 0.183. The molecule has 126 valence electrons. The first-order valence-corrected chi connectivity index (χ1v) is 8.02. The highest BCUT2D eigenvalue weighted by atomic mass is 35.5. The topological polar surface area (TPSA) is 79.8 Å². The molecule has 1 amide bonds. The van der Waals surface area contributed by atoms with Crippen LogP contribution in [0.15, 0.2) is 55.1 Å². The summed E-state index contributed by atoms with van der Waals surface area (Å²) in [5.41, 5.74) is 3.21. The highest BCUT2D eigenvalue weighted by Gasteiger charge is 2.08. The first kappa shape index (κ1) is 16.9. The molecule has 0 spiro atoms. The standard InChI is InChI=1S/C18H16ClN5O/c1-12-8-15(19)2-3-16(12)24-18-22-10-14(11-23-18)17(25)21-9-13-4-6-20-7-5-13/h2-8,10-11H,9H2,1H3,(H,21,25)(H,22,23,24). The van der Waals surface area contributed by atoms with Crippen LogP contribution < -0.4 is 10.6 Å². The molecular formula is C18H16ClN5O. The van der Waals surface area contributed by atoms with Crippen molar-refractivity contribution in [2.24, 2.45) is 0 Å². The van der Waals surface area contributed by atoms with Gasteiger partial charge in [-0.3, -0.25) is 9.78 Å². The fourth-order valence-electron chi connectivity index (χ4n) is 2.18. The number of hydrogen-bond donors (Lipinski definition) is 2. The fraction of sp³-hybridized carbons (Fsp3) is 0.111. The summed E-state index contributed by atoms with van der Waals surface area (Å²) in [6.45, 7) is 2.36. The predicted octanol–water partition coefficient (Wildman–Crippen LogP) is 3.51. The van der Waals surface area contributed by atoms with E-state index in [1.54, 1.807) is 18.5 Å². The van der Waals surface area contributed by atoms with Crippen molar-refractivity contribution in [2.75, 3.05) is 5.32 Å². The molecule has 7 heteroatoms. The van der Waals surface area contributed by atoms with Crippen LogP contribution in [-0.2, 0) is 6.54 Å². The number of aryl methyl sites for hydroxylation is 1. The third kappa shape index (κ3) is 4.51. The van der Waals surface area contributed by atoms with Gasteiger partial charge >= 0.3 is 0 Å². The number of aromatic nitrogens is 3. The van der Waals surface area contributed by atoms with E-state index in [1.165, 1.54) is 12.4 Å². The lowest BCUT2D eigenvalue weighted by Gasteiger charge is -2.09. The molecule has 3 rings (SSSR count). The van der Waals surface area contributed by atoms with Crippen molar-refractivity contribution in [3.63, 3.8) is 0 Å². The normalized spacial score (nSPS) is 10.3. The maximum atomic E-state index is 12.1. The zero-order valence-electron chi connectivity index (χ0n) is 13.5. The van der Waals surface area contributed by atoms with Crippen molar-refractivity contribution in [2.45, 2.75) is 13.5 Å². The van der Waals surface area contributed by atoms with E-state index in [0.717, 1.165) is 16.8 Å². The molecule has 0 bridgehead atoms. The van der Waals surface area contributed by atoms with E-state index in [2.05, 4.69) is 25.6 Å². The monoisotopic (exact) mass is 353 g/mol. The van der Waals surface area contributed by atoms with Crippen molar-refractivity contribution >= 4 is 29.1 Å². The molecule has 0 unspecified atom stereocenters. The fourth-order valence-corrected chi connectivity index (χ4v) is 2.41. The van der Waals surface area contributed by atoms with Gasteiger partial charge in [0.2, 0.25) is 5.95 Å². The molecule has 2 aromatic heterocycles. The third-order valence-electron chi connectivity index (χ3n) is 3.55.